The first kappa shape index (κ1) is 18.7. The summed E-state index contributed by atoms with van der Waals surface area (Å²) >= 11 is 0. The average molecular weight is 366 g/mol. The van der Waals surface area contributed by atoms with Crippen molar-refractivity contribution in [2.75, 3.05) is 18.9 Å². The van der Waals surface area contributed by atoms with Gasteiger partial charge in [-0.25, -0.2) is 4.79 Å². The molecule has 0 radical (unpaired) electrons. The topological polar surface area (TPSA) is 82.8 Å². The minimum absolute atomic E-state index is 0.0774. The van der Waals surface area contributed by atoms with E-state index in [1.807, 2.05) is 43.1 Å². The maximum atomic E-state index is 12.3. The summed E-state index contributed by atoms with van der Waals surface area (Å²) in [5.74, 6) is -0.0592. The number of aryl methyl sites for hydroxylation is 2. The highest BCUT2D eigenvalue weighted by Crippen LogP contribution is 2.27. The number of carbonyl (C=O) groups excluding carboxylic acids is 1. The van der Waals surface area contributed by atoms with Crippen LogP contribution in [0.1, 0.15) is 16.7 Å². The zero-order valence-corrected chi connectivity index (χ0v) is 15.6. The molecule has 2 N–H and O–H groups in total. The van der Waals surface area contributed by atoms with Crippen LogP contribution in [0.4, 0.5) is 5.69 Å². The molecule has 1 heterocycles. The van der Waals surface area contributed by atoms with Crippen LogP contribution in [-0.4, -0.2) is 29.5 Å². The van der Waals surface area contributed by atoms with Gasteiger partial charge in [0.2, 0.25) is 5.91 Å². The highest BCUT2D eigenvalue weighted by molar-refractivity contribution is 5.92. The number of phenolic OH excluding ortho intramolecular Hbond substituents is 1. The number of carbonyl (C=O) groups is 1. The Bertz CT molecular complexity index is 1040. The fraction of sp³-hybridized carbons (Fsp3) is 0.238. The van der Waals surface area contributed by atoms with E-state index >= 15 is 0 Å². The standard InChI is InChI=1S/C21H22N2O4/c1-13-4-6-16(7-5-13)22-19(25)12-23(3)11-15-10-20(26)27-21-14(2)18(24)9-8-17(15)21/h4-10,24H,11-12H2,1-3H3,(H,22,25). The van der Waals surface area contributed by atoms with Crippen LogP contribution in [0.5, 0.6) is 5.75 Å². The summed E-state index contributed by atoms with van der Waals surface area (Å²) in [5.41, 5.74) is 3.03. The first-order chi connectivity index (χ1) is 12.8. The third-order valence-electron chi connectivity index (χ3n) is 4.41. The van der Waals surface area contributed by atoms with E-state index in [-0.39, 0.29) is 18.2 Å². The molecule has 0 saturated heterocycles. The van der Waals surface area contributed by atoms with Crippen molar-refractivity contribution in [1.29, 1.82) is 0 Å². The maximum Gasteiger partial charge on any atom is 0.336 e. The molecule has 140 valence electrons. The van der Waals surface area contributed by atoms with Crippen LogP contribution in [0.2, 0.25) is 0 Å². The number of nitrogens with one attached hydrogen (secondary N) is 1. The molecule has 0 aliphatic rings. The minimum atomic E-state index is -0.483. The average Bonchev–Trinajstić information content (AvgIpc) is 2.60. The van der Waals surface area contributed by atoms with Crippen molar-refractivity contribution >= 4 is 22.6 Å². The lowest BCUT2D eigenvalue weighted by atomic mass is 10.1. The van der Waals surface area contributed by atoms with Gasteiger partial charge in [0, 0.05) is 29.2 Å². The van der Waals surface area contributed by atoms with Gasteiger partial charge in [0.05, 0.1) is 6.54 Å². The molecule has 0 fully saturated rings. The minimum Gasteiger partial charge on any atom is -0.508 e. The number of hydrogen-bond acceptors (Lipinski definition) is 5. The monoisotopic (exact) mass is 366 g/mol. The first-order valence-electron chi connectivity index (χ1n) is 8.64. The van der Waals surface area contributed by atoms with Crippen molar-refractivity contribution in [3.8, 4) is 5.75 Å². The molecule has 1 amide bonds. The van der Waals surface area contributed by atoms with Crippen molar-refractivity contribution < 1.29 is 14.3 Å². The number of amides is 1. The molecule has 0 bridgehead atoms. The van der Waals surface area contributed by atoms with Gasteiger partial charge in [-0.15, -0.1) is 0 Å². The number of benzene rings is 2. The fourth-order valence-electron chi connectivity index (χ4n) is 2.98. The van der Waals surface area contributed by atoms with Crippen molar-refractivity contribution in [2.24, 2.45) is 0 Å². The Hall–Kier alpha value is -3.12. The molecule has 3 aromatic rings. The van der Waals surface area contributed by atoms with Crippen LogP contribution >= 0.6 is 0 Å². The summed E-state index contributed by atoms with van der Waals surface area (Å²) in [6.07, 6.45) is 0. The number of fused-ring (bicyclic) bond motifs is 1. The van der Waals surface area contributed by atoms with Crippen molar-refractivity contribution in [1.82, 2.24) is 4.90 Å². The molecule has 0 aliphatic carbocycles. The zero-order chi connectivity index (χ0) is 19.6. The SMILES string of the molecule is Cc1ccc(NC(=O)CN(C)Cc2cc(=O)oc3c(C)c(O)ccc23)cc1. The van der Waals surface area contributed by atoms with Gasteiger partial charge in [-0.2, -0.15) is 0 Å². The van der Waals surface area contributed by atoms with Crippen LogP contribution in [-0.2, 0) is 11.3 Å². The molecule has 1 aromatic heterocycles. The second-order valence-electron chi connectivity index (χ2n) is 6.76. The van der Waals surface area contributed by atoms with Crippen molar-refractivity contribution in [2.45, 2.75) is 20.4 Å². The third-order valence-corrected chi connectivity index (χ3v) is 4.41. The number of anilines is 1. The van der Waals surface area contributed by atoms with E-state index in [0.717, 1.165) is 22.2 Å². The van der Waals surface area contributed by atoms with Gasteiger partial charge in [0.15, 0.2) is 0 Å². The highest BCUT2D eigenvalue weighted by atomic mass is 16.4. The highest BCUT2D eigenvalue weighted by Gasteiger charge is 2.14. The molecule has 0 aliphatic heterocycles. The number of nitrogens with zero attached hydrogens (tertiary/aromatic N) is 1. The van der Waals surface area contributed by atoms with E-state index in [2.05, 4.69) is 5.32 Å². The normalized spacial score (nSPS) is 11.1. The Balaban J connectivity index is 1.75. The smallest absolute Gasteiger partial charge is 0.336 e. The van der Waals surface area contributed by atoms with Crippen LogP contribution in [0.15, 0.2) is 51.7 Å². The van der Waals surface area contributed by atoms with Crippen LogP contribution in [0.25, 0.3) is 11.0 Å². The molecule has 3 rings (SSSR count). The van der Waals surface area contributed by atoms with Gasteiger partial charge in [0.1, 0.15) is 11.3 Å². The Labute approximate surface area is 157 Å². The molecular formula is C21H22N2O4. The van der Waals surface area contributed by atoms with Crippen molar-refractivity contribution in [3.63, 3.8) is 0 Å². The summed E-state index contributed by atoms with van der Waals surface area (Å²) in [4.78, 5) is 26.0. The van der Waals surface area contributed by atoms with Gasteiger partial charge in [0.25, 0.3) is 0 Å². The second-order valence-corrected chi connectivity index (χ2v) is 6.76. The number of hydrogen-bond donors (Lipinski definition) is 2. The maximum absolute atomic E-state index is 12.3. The molecule has 6 heteroatoms. The van der Waals surface area contributed by atoms with E-state index in [9.17, 15) is 14.7 Å². The quantitative estimate of drug-likeness (QED) is 0.678. The molecular weight excluding hydrogens is 344 g/mol. The predicted octanol–water partition coefficient (Wildman–Crippen LogP) is 3.19. The van der Waals surface area contributed by atoms with Gasteiger partial charge >= 0.3 is 5.63 Å². The van der Waals surface area contributed by atoms with Crippen LogP contribution in [0.3, 0.4) is 0 Å². The Morgan fingerprint density at radius 3 is 2.56 bits per heavy atom. The largest absolute Gasteiger partial charge is 0.508 e. The summed E-state index contributed by atoms with van der Waals surface area (Å²) in [6.45, 7) is 4.25. The molecule has 0 unspecified atom stereocenters. The van der Waals surface area contributed by atoms with E-state index in [1.165, 1.54) is 6.07 Å². The van der Waals surface area contributed by atoms with E-state index in [0.29, 0.717) is 17.7 Å². The Morgan fingerprint density at radius 2 is 1.85 bits per heavy atom. The second kappa shape index (κ2) is 7.63. The first-order valence-corrected chi connectivity index (χ1v) is 8.64. The number of likely N-dealkylation sites (N-methyl/N-ethyl adjacent to an activating group) is 1. The molecule has 0 atom stereocenters. The van der Waals surface area contributed by atoms with Gasteiger partial charge in [-0.3, -0.25) is 9.69 Å². The van der Waals surface area contributed by atoms with E-state index < -0.39 is 5.63 Å². The zero-order valence-electron chi connectivity index (χ0n) is 15.6. The summed E-state index contributed by atoms with van der Waals surface area (Å²) in [5, 5.41) is 13.4. The lowest BCUT2D eigenvalue weighted by molar-refractivity contribution is -0.117. The number of phenols is 1. The van der Waals surface area contributed by atoms with Gasteiger partial charge in [-0.05, 0) is 50.7 Å². The molecule has 6 nitrogen and oxygen atoms in total. The lowest BCUT2D eigenvalue weighted by Gasteiger charge is -2.17. The summed E-state index contributed by atoms with van der Waals surface area (Å²) < 4.78 is 5.25. The lowest BCUT2D eigenvalue weighted by Crippen LogP contribution is -2.30. The Morgan fingerprint density at radius 1 is 1.15 bits per heavy atom. The molecule has 2 aromatic carbocycles. The Kier molecular flexibility index (Phi) is 5.28. The third kappa shape index (κ3) is 4.35. The number of rotatable bonds is 5. The van der Waals surface area contributed by atoms with E-state index in [1.54, 1.807) is 19.1 Å². The fourth-order valence-corrected chi connectivity index (χ4v) is 2.98. The molecule has 27 heavy (non-hydrogen) atoms. The predicted molar refractivity (Wildman–Crippen MR) is 105 cm³/mol. The molecule has 0 saturated carbocycles. The number of aromatic hydroxyl groups is 1. The van der Waals surface area contributed by atoms with Crippen LogP contribution < -0.4 is 10.9 Å². The molecule has 0 spiro atoms. The van der Waals surface area contributed by atoms with E-state index in [4.69, 9.17) is 4.42 Å². The summed E-state index contributed by atoms with van der Waals surface area (Å²) in [7, 11) is 1.81. The van der Waals surface area contributed by atoms with Crippen LogP contribution in [0, 0.1) is 13.8 Å². The van der Waals surface area contributed by atoms with Gasteiger partial charge < -0.3 is 14.8 Å². The summed E-state index contributed by atoms with van der Waals surface area (Å²) in [6, 6.07) is 12.3. The van der Waals surface area contributed by atoms with Gasteiger partial charge in [-0.1, -0.05) is 17.7 Å². The van der Waals surface area contributed by atoms with Crippen molar-refractivity contribution in [3.05, 3.63) is 69.6 Å².